The van der Waals surface area contributed by atoms with E-state index in [2.05, 4.69) is 52.3 Å². The molecule has 0 saturated carbocycles. The molecule has 8 heteroatoms. The minimum absolute atomic E-state index is 0.112. The number of hydrogen-bond donors (Lipinski definition) is 1. The quantitative estimate of drug-likeness (QED) is 0.455. The van der Waals surface area contributed by atoms with E-state index in [0.29, 0.717) is 15.8 Å². The number of rotatable bonds is 4. The van der Waals surface area contributed by atoms with Crippen molar-refractivity contribution in [3.05, 3.63) is 61.6 Å². The van der Waals surface area contributed by atoms with E-state index in [1.54, 1.807) is 12.1 Å². The molecular weight excluding hydrogens is 546 g/mol. The zero-order chi connectivity index (χ0) is 22.0. The second kappa shape index (κ2) is 10.1. The average molecular weight is 571 g/mol. The lowest BCUT2D eigenvalue weighted by Gasteiger charge is -2.28. The van der Waals surface area contributed by atoms with Crippen molar-refractivity contribution in [2.45, 2.75) is 38.6 Å². The van der Waals surface area contributed by atoms with Crippen LogP contribution >= 0.6 is 45.8 Å². The Morgan fingerprint density at radius 1 is 1.06 bits per heavy atom. The fraction of sp³-hybridized carbons (Fsp3) is 0.391. The molecule has 2 heterocycles. The van der Waals surface area contributed by atoms with Crippen molar-refractivity contribution in [1.29, 1.82) is 0 Å². The van der Waals surface area contributed by atoms with E-state index in [9.17, 15) is 4.79 Å². The minimum atomic E-state index is -0.141. The normalized spacial score (nSPS) is 22.2. The van der Waals surface area contributed by atoms with Gasteiger partial charge in [-0.25, -0.2) is 5.01 Å². The first-order valence-electron chi connectivity index (χ1n) is 10.6. The van der Waals surface area contributed by atoms with Crippen molar-refractivity contribution in [2.75, 3.05) is 18.1 Å². The molecule has 2 aromatic rings. The summed E-state index contributed by atoms with van der Waals surface area (Å²) in [4.78, 5) is 13.2. The van der Waals surface area contributed by atoms with Crippen molar-refractivity contribution in [3.8, 4) is 0 Å². The summed E-state index contributed by atoms with van der Waals surface area (Å²) in [5, 5.41) is 9.75. The van der Waals surface area contributed by atoms with Crippen LogP contribution in [0.4, 0.5) is 5.69 Å². The van der Waals surface area contributed by atoms with Gasteiger partial charge >= 0.3 is 0 Å². The first-order chi connectivity index (χ1) is 14.9. The molecule has 0 spiro atoms. The highest BCUT2D eigenvalue weighted by Gasteiger charge is 2.40. The Kier molecular flexibility index (Phi) is 7.41. The zero-order valence-electron chi connectivity index (χ0n) is 17.3. The number of hydrazine groups is 1. The molecule has 2 atom stereocenters. The maximum atomic E-state index is 13.2. The number of halogens is 3. The molecule has 4 rings (SSSR count). The van der Waals surface area contributed by atoms with Gasteiger partial charge in [-0.15, -0.1) is 0 Å². The maximum Gasteiger partial charge on any atom is 0.282 e. The van der Waals surface area contributed by atoms with E-state index in [4.69, 9.17) is 28.3 Å². The van der Waals surface area contributed by atoms with Gasteiger partial charge in [0.2, 0.25) is 0 Å². The number of benzene rings is 2. The van der Waals surface area contributed by atoms with Crippen LogP contribution in [0.3, 0.4) is 0 Å². The van der Waals surface area contributed by atoms with Gasteiger partial charge in [-0.3, -0.25) is 15.2 Å². The topological polar surface area (TPSA) is 47.9 Å². The Balaban J connectivity index is 1.66. The average Bonchev–Trinajstić information content (AvgIpc) is 2.89. The summed E-state index contributed by atoms with van der Waals surface area (Å²) in [5.74, 6) is -0.253. The summed E-state index contributed by atoms with van der Waals surface area (Å²) in [6.45, 7) is 3.80. The smallest absolute Gasteiger partial charge is 0.282 e. The minimum Gasteiger partial charge on any atom is -0.284 e. The van der Waals surface area contributed by atoms with Crippen LogP contribution in [0.2, 0.25) is 10.0 Å². The van der Waals surface area contributed by atoms with Gasteiger partial charge in [0, 0.05) is 27.6 Å². The van der Waals surface area contributed by atoms with Crippen molar-refractivity contribution in [3.63, 3.8) is 0 Å². The summed E-state index contributed by atoms with van der Waals surface area (Å²) >= 11 is 14.9. The highest BCUT2D eigenvalue weighted by Crippen LogP contribution is 2.42. The van der Waals surface area contributed by atoms with E-state index in [1.165, 1.54) is 12.8 Å². The Morgan fingerprint density at radius 3 is 2.39 bits per heavy atom. The molecule has 31 heavy (non-hydrogen) atoms. The first-order valence-corrected chi connectivity index (χ1v) is 12.4. The van der Waals surface area contributed by atoms with E-state index >= 15 is 0 Å². The van der Waals surface area contributed by atoms with Crippen molar-refractivity contribution in [2.24, 2.45) is 11.0 Å². The fourth-order valence-electron chi connectivity index (χ4n) is 4.23. The van der Waals surface area contributed by atoms with Crippen LogP contribution in [-0.2, 0) is 4.79 Å². The predicted octanol–water partition coefficient (Wildman–Crippen LogP) is 6.06. The largest absolute Gasteiger partial charge is 0.284 e. The molecule has 5 nitrogen and oxygen atoms in total. The lowest BCUT2D eigenvalue weighted by atomic mass is 9.91. The standard InChI is InChI=1S/C23H25Cl2IN4O/c1-15-21(23(31)28-29-12-4-2-3-5-13-29)27-30(20-11-8-17(24)14-19(20)25)22(15)16-6-9-18(26)10-7-16/h6-11,14-15,22H,2-5,12-13H2,1H3,(H,28,31)/t15-,22+/m1/s1. The van der Waals surface area contributed by atoms with E-state index < -0.39 is 0 Å². The van der Waals surface area contributed by atoms with Gasteiger partial charge < -0.3 is 0 Å². The molecule has 0 radical (unpaired) electrons. The van der Waals surface area contributed by atoms with Gasteiger partial charge in [-0.1, -0.05) is 55.1 Å². The van der Waals surface area contributed by atoms with Crippen LogP contribution in [0.1, 0.15) is 44.2 Å². The third-order valence-electron chi connectivity index (χ3n) is 5.85. The van der Waals surface area contributed by atoms with Gasteiger partial charge in [-0.05, 0) is 71.3 Å². The number of carbonyl (C=O) groups is 1. The van der Waals surface area contributed by atoms with E-state index in [-0.39, 0.29) is 17.9 Å². The number of hydrogen-bond acceptors (Lipinski definition) is 4. The highest BCUT2D eigenvalue weighted by molar-refractivity contribution is 14.1. The summed E-state index contributed by atoms with van der Waals surface area (Å²) < 4.78 is 1.16. The van der Waals surface area contributed by atoms with Crippen molar-refractivity contribution in [1.82, 2.24) is 10.4 Å². The highest BCUT2D eigenvalue weighted by atomic mass is 127. The summed E-state index contributed by atoms with van der Waals surface area (Å²) in [6.07, 6.45) is 4.61. The number of carbonyl (C=O) groups excluding carboxylic acids is 1. The third kappa shape index (κ3) is 5.18. The zero-order valence-corrected chi connectivity index (χ0v) is 21.0. The number of anilines is 1. The molecular formula is C23H25Cl2IN4O. The molecule has 2 aromatic carbocycles. The third-order valence-corrected chi connectivity index (χ3v) is 7.11. The van der Waals surface area contributed by atoms with Crippen LogP contribution in [0, 0.1) is 9.49 Å². The predicted molar refractivity (Wildman–Crippen MR) is 136 cm³/mol. The SMILES string of the molecule is C[C@@H]1C(C(=O)NN2CCCCCC2)=NN(c2ccc(Cl)cc2Cl)[C@@H]1c1ccc(I)cc1. The lowest BCUT2D eigenvalue weighted by molar-refractivity contribution is -0.119. The Bertz CT molecular complexity index is 974. The molecule has 1 amide bonds. The van der Waals surface area contributed by atoms with Crippen LogP contribution in [0.15, 0.2) is 47.6 Å². The van der Waals surface area contributed by atoms with Crippen LogP contribution < -0.4 is 10.4 Å². The Labute approximate surface area is 206 Å². The molecule has 1 N–H and O–H groups in total. The monoisotopic (exact) mass is 570 g/mol. The van der Waals surface area contributed by atoms with Gasteiger partial charge in [0.05, 0.1) is 16.8 Å². The van der Waals surface area contributed by atoms with E-state index in [1.807, 2.05) is 23.0 Å². The number of amides is 1. The van der Waals surface area contributed by atoms with Crippen LogP contribution in [-0.4, -0.2) is 29.7 Å². The Morgan fingerprint density at radius 2 is 1.74 bits per heavy atom. The van der Waals surface area contributed by atoms with Gasteiger partial charge in [0.1, 0.15) is 5.71 Å². The first kappa shape index (κ1) is 22.8. The number of nitrogens with zero attached hydrogens (tertiary/aromatic N) is 3. The molecule has 164 valence electrons. The number of nitrogens with one attached hydrogen (secondary N) is 1. The van der Waals surface area contributed by atoms with Crippen molar-refractivity contribution >= 4 is 63.1 Å². The molecule has 1 saturated heterocycles. The van der Waals surface area contributed by atoms with Gasteiger partial charge in [0.25, 0.3) is 5.91 Å². The van der Waals surface area contributed by atoms with Crippen molar-refractivity contribution < 1.29 is 4.79 Å². The molecule has 2 aliphatic rings. The van der Waals surface area contributed by atoms with E-state index in [0.717, 1.165) is 40.8 Å². The molecule has 0 unspecified atom stereocenters. The summed E-state index contributed by atoms with van der Waals surface area (Å²) in [5.41, 5.74) is 5.42. The second-order valence-electron chi connectivity index (χ2n) is 8.05. The molecule has 2 aliphatic heterocycles. The molecule has 1 fully saturated rings. The fourth-order valence-corrected chi connectivity index (χ4v) is 5.08. The Hall–Kier alpha value is -1.35. The van der Waals surface area contributed by atoms with Crippen LogP contribution in [0.25, 0.3) is 0 Å². The second-order valence-corrected chi connectivity index (χ2v) is 10.1. The molecule has 0 bridgehead atoms. The summed E-state index contributed by atoms with van der Waals surface area (Å²) in [6, 6.07) is 13.5. The van der Waals surface area contributed by atoms with Crippen LogP contribution in [0.5, 0.6) is 0 Å². The maximum absolute atomic E-state index is 13.2. The number of hydrazone groups is 1. The van der Waals surface area contributed by atoms with Gasteiger partial charge in [0.15, 0.2) is 0 Å². The summed E-state index contributed by atoms with van der Waals surface area (Å²) in [7, 11) is 0. The molecule has 0 aliphatic carbocycles. The lowest BCUT2D eigenvalue weighted by Crippen LogP contribution is -2.46. The van der Waals surface area contributed by atoms with Gasteiger partial charge in [-0.2, -0.15) is 5.10 Å². The molecule has 0 aromatic heterocycles.